The molecular weight excluding hydrogens is 238 g/mol. The highest BCUT2D eigenvalue weighted by Gasteiger charge is 2.41. The predicted molar refractivity (Wildman–Crippen MR) is 75.3 cm³/mol. The van der Waals surface area contributed by atoms with E-state index in [-0.39, 0.29) is 0 Å². The van der Waals surface area contributed by atoms with Gasteiger partial charge in [0.15, 0.2) is 0 Å². The minimum Gasteiger partial charge on any atom is -0.481 e. The highest BCUT2D eigenvalue weighted by Crippen LogP contribution is 2.40. The molecule has 1 saturated carbocycles. The summed E-state index contributed by atoms with van der Waals surface area (Å²) >= 11 is 0. The Bertz CT molecular complexity index is 621. The van der Waals surface area contributed by atoms with E-state index in [0.29, 0.717) is 0 Å². The third-order valence-electron chi connectivity index (χ3n) is 4.56. The maximum atomic E-state index is 11.8. The molecule has 0 bridgehead atoms. The van der Waals surface area contributed by atoms with Crippen LogP contribution in [0.2, 0.25) is 0 Å². The van der Waals surface area contributed by atoms with Crippen molar-refractivity contribution in [2.75, 3.05) is 0 Å². The summed E-state index contributed by atoms with van der Waals surface area (Å²) in [4.78, 5) is 11.8. The van der Waals surface area contributed by atoms with Crippen LogP contribution in [0.5, 0.6) is 0 Å². The number of aromatic nitrogens is 1. The Kier molecular flexibility index (Phi) is 2.85. The molecule has 3 nitrogen and oxygen atoms in total. The third kappa shape index (κ3) is 1.84. The number of fused-ring (bicyclic) bond motifs is 1. The van der Waals surface area contributed by atoms with Gasteiger partial charge in [-0.05, 0) is 35.9 Å². The quantitative estimate of drug-likeness (QED) is 0.895. The highest BCUT2D eigenvalue weighted by atomic mass is 16.4. The number of carboxylic acids is 1. The summed E-state index contributed by atoms with van der Waals surface area (Å²) < 4.78 is 2.05. The Balaban J connectivity index is 2.14. The van der Waals surface area contributed by atoms with Crippen molar-refractivity contribution in [3.8, 4) is 0 Å². The van der Waals surface area contributed by atoms with E-state index in [9.17, 15) is 9.90 Å². The maximum Gasteiger partial charge on any atom is 0.314 e. The summed E-state index contributed by atoms with van der Waals surface area (Å²) in [6.45, 7) is 0. The van der Waals surface area contributed by atoms with Gasteiger partial charge >= 0.3 is 5.97 Å². The second kappa shape index (κ2) is 4.41. The van der Waals surface area contributed by atoms with E-state index in [0.717, 1.165) is 43.2 Å². The molecule has 100 valence electrons. The molecule has 1 aromatic heterocycles. The highest BCUT2D eigenvalue weighted by molar-refractivity contribution is 5.86. The van der Waals surface area contributed by atoms with Crippen molar-refractivity contribution < 1.29 is 9.90 Å². The van der Waals surface area contributed by atoms with E-state index < -0.39 is 11.4 Å². The van der Waals surface area contributed by atoms with Crippen molar-refractivity contribution >= 4 is 16.9 Å². The van der Waals surface area contributed by atoms with Crippen LogP contribution in [0.4, 0.5) is 0 Å². The standard InChI is InChI=1S/C16H19NO2/c1-17-10-7-12-5-6-13(11-14(12)17)16(15(18)19)8-3-2-4-9-16/h5-7,10-11H,2-4,8-9H2,1H3,(H,18,19). The SMILES string of the molecule is Cn1ccc2ccc(C3(C(=O)O)CCCCC3)cc21. The normalized spacial score (nSPS) is 18.6. The van der Waals surface area contributed by atoms with Crippen molar-refractivity contribution in [1.29, 1.82) is 0 Å². The second-order valence-electron chi connectivity index (χ2n) is 5.65. The fraction of sp³-hybridized carbons (Fsp3) is 0.438. The molecule has 0 radical (unpaired) electrons. The molecule has 0 unspecified atom stereocenters. The van der Waals surface area contributed by atoms with Crippen LogP contribution in [0.25, 0.3) is 10.9 Å². The molecule has 1 aromatic carbocycles. The number of benzene rings is 1. The van der Waals surface area contributed by atoms with Gasteiger partial charge in [-0.1, -0.05) is 31.4 Å². The Morgan fingerprint density at radius 1 is 1.21 bits per heavy atom. The van der Waals surface area contributed by atoms with Crippen LogP contribution in [-0.2, 0) is 17.3 Å². The molecule has 0 spiro atoms. The first-order valence-corrected chi connectivity index (χ1v) is 6.92. The molecule has 2 aromatic rings. The lowest BCUT2D eigenvalue weighted by molar-refractivity contribution is -0.145. The fourth-order valence-electron chi connectivity index (χ4n) is 3.34. The van der Waals surface area contributed by atoms with E-state index in [1.54, 1.807) is 0 Å². The smallest absolute Gasteiger partial charge is 0.314 e. The fourth-order valence-corrected chi connectivity index (χ4v) is 3.34. The summed E-state index contributed by atoms with van der Waals surface area (Å²) in [6, 6.07) is 8.17. The second-order valence-corrected chi connectivity index (χ2v) is 5.65. The number of hydrogen-bond acceptors (Lipinski definition) is 1. The largest absolute Gasteiger partial charge is 0.481 e. The van der Waals surface area contributed by atoms with E-state index in [4.69, 9.17) is 0 Å². The molecule has 1 aliphatic carbocycles. The van der Waals surface area contributed by atoms with Crippen LogP contribution in [0.3, 0.4) is 0 Å². The van der Waals surface area contributed by atoms with Crippen molar-refractivity contribution in [2.24, 2.45) is 7.05 Å². The van der Waals surface area contributed by atoms with Crippen LogP contribution in [0, 0.1) is 0 Å². The first-order chi connectivity index (χ1) is 9.13. The summed E-state index contributed by atoms with van der Waals surface area (Å²) in [6.07, 6.45) is 6.72. The molecule has 0 aliphatic heterocycles. The molecule has 1 N–H and O–H groups in total. The van der Waals surface area contributed by atoms with Gasteiger partial charge in [0.1, 0.15) is 0 Å². The topological polar surface area (TPSA) is 42.2 Å². The Morgan fingerprint density at radius 2 is 1.95 bits per heavy atom. The number of nitrogens with zero attached hydrogens (tertiary/aromatic N) is 1. The summed E-state index contributed by atoms with van der Waals surface area (Å²) in [5.74, 6) is -0.666. The lowest BCUT2D eigenvalue weighted by Gasteiger charge is -2.33. The Morgan fingerprint density at radius 3 is 2.63 bits per heavy atom. The molecule has 0 amide bonds. The van der Waals surface area contributed by atoms with Crippen molar-refractivity contribution in [3.05, 3.63) is 36.0 Å². The van der Waals surface area contributed by atoms with E-state index in [2.05, 4.69) is 16.7 Å². The Labute approximate surface area is 112 Å². The van der Waals surface area contributed by atoms with Gasteiger partial charge in [0, 0.05) is 18.8 Å². The van der Waals surface area contributed by atoms with Gasteiger partial charge in [-0.15, -0.1) is 0 Å². The molecule has 3 rings (SSSR count). The van der Waals surface area contributed by atoms with E-state index in [1.807, 2.05) is 25.4 Å². The van der Waals surface area contributed by atoms with Crippen molar-refractivity contribution in [2.45, 2.75) is 37.5 Å². The number of aliphatic carboxylic acids is 1. The van der Waals surface area contributed by atoms with Crippen LogP contribution in [0.15, 0.2) is 30.5 Å². The summed E-state index contributed by atoms with van der Waals surface area (Å²) in [5, 5.41) is 10.9. The molecular formula is C16H19NO2. The van der Waals surface area contributed by atoms with Gasteiger partial charge < -0.3 is 9.67 Å². The van der Waals surface area contributed by atoms with Crippen LogP contribution >= 0.6 is 0 Å². The Hall–Kier alpha value is -1.77. The lowest BCUT2D eigenvalue weighted by atomic mass is 9.69. The van der Waals surface area contributed by atoms with Gasteiger partial charge in [0.05, 0.1) is 5.41 Å². The van der Waals surface area contributed by atoms with E-state index >= 15 is 0 Å². The van der Waals surface area contributed by atoms with Crippen molar-refractivity contribution in [1.82, 2.24) is 4.57 Å². The first-order valence-electron chi connectivity index (χ1n) is 6.92. The van der Waals surface area contributed by atoms with Crippen LogP contribution in [-0.4, -0.2) is 15.6 Å². The van der Waals surface area contributed by atoms with Gasteiger partial charge in [0.2, 0.25) is 0 Å². The van der Waals surface area contributed by atoms with Gasteiger partial charge in [0.25, 0.3) is 0 Å². The molecule has 1 heterocycles. The monoisotopic (exact) mass is 257 g/mol. The summed E-state index contributed by atoms with van der Waals surface area (Å²) in [7, 11) is 2.00. The van der Waals surface area contributed by atoms with Gasteiger partial charge in [-0.2, -0.15) is 0 Å². The van der Waals surface area contributed by atoms with Gasteiger partial charge in [-0.25, -0.2) is 0 Å². The molecule has 19 heavy (non-hydrogen) atoms. The molecule has 0 atom stereocenters. The molecule has 3 heteroatoms. The molecule has 1 fully saturated rings. The third-order valence-corrected chi connectivity index (χ3v) is 4.56. The summed E-state index contributed by atoms with van der Waals surface area (Å²) in [5.41, 5.74) is 1.41. The minimum atomic E-state index is -0.670. The first kappa shape index (κ1) is 12.3. The number of rotatable bonds is 2. The number of carbonyl (C=O) groups is 1. The maximum absolute atomic E-state index is 11.8. The van der Waals surface area contributed by atoms with Crippen LogP contribution in [0.1, 0.15) is 37.7 Å². The molecule has 1 aliphatic rings. The number of carboxylic acid groups (broad SMARTS) is 1. The van der Waals surface area contributed by atoms with E-state index in [1.165, 1.54) is 5.39 Å². The number of aryl methyl sites for hydroxylation is 1. The lowest BCUT2D eigenvalue weighted by Crippen LogP contribution is -2.37. The zero-order valence-corrected chi connectivity index (χ0v) is 11.2. The molecule has 0 saturated heterocycles. The average Bonchev–Trinajstić information content (AvgIpc) is 2.80. The average molecular weight is 257 g/mol. The minimum absolute atomic E-state index is 0.666. The predicted octanol–water partition coefficient (Wildman–Crippen LogP) is 3.46. The van der Waals surface area contributed by atoms with Crippen molar-refractivity contribution in [3.63, 3.8) is 0 Å². The zero-order valence-electron chi connectivity index (χ0n) is 11.2. The van der Waals surface area contributed by atoms with Crippen LogP contribution < -0.4 is 0 Å². The number of hydrogen-bond donors (Lipinski definition) is 1. The zero-order chi connectivity index (χ0) is 13.5. The van der Waals surface area contributed by atoms with Gasteiger partial charge in [-0.3, -0.25) is 4.79 Å².